The van der Waals surface area contributed by atoms with Gasteiger partial charge in [0.05, 0.1) is 0 Å². The van der Waals surface area contributed by atoms with Crippen LogP contribution < -0.4 is 4.90 Å². The molecule has 0 atom stereocenters. The van der Waals surface area contributed by atoms with E-state index < -0.39 is 0 Å². The molecular formula is C10H11ClN4S2. The highest BCUT2D eigenvalue weighted by molar-refractivity contribution is 8.00. The zero-order chi connectivity index (χ0) is 12.3. The minimum atomic E-state index is 0.553. The van der Waals surface area contributed by atoms with Crippen molar-refractivity contribution in [2.45, 2.75) is 10.1 Å². The molecule has 0 radical (unpaired) electrons. The summed E-state index contributed by atoms with van der Waals surface area (Å²) in [6, 6.07) is 3.85. The molecule has 0 unspecified atom stereocenters. The van der Waals surface area contributed by atoms with Gasteiger partial charge >= 0.3 is 0 Å². The van der Waals surface area contributed by atoms with E-state index >= 15 is 0 Å². The summed E-state index contributed by atoms with van der Waals surface area (Å²) in [6.07, 6.45) is 1.69. The number of halogens is 1. The van der Waals surface area contributed by atoms with Crippen LogP contribution in [-0.2, 0) is 5.75 Å². The molecule has 7 heteroatoms. The molecule has 2 rings (SSSR count). The topological polar surface area (TPSA) is 41.9 Å². The fourth-order valence-electron chi connectivity index (χ4n) is 1.11. The van der Waals surface area contributed by atoms with Crippen LogP contribution in [0.2, 0.25) is 5.15 Å². The SMILES string of the molecule is CN(C)c1nnc(SCc2cccnc2Cl)s1. The minimum absolute atomic E-state index is 0.553. The predicted octanol–water partition coefficient (Wildman–Crippen LogP) is 2.94. The van der Waals surface area contributed by atoms with Gasteiger partial charge in [-0.2, -0.15) is 0 Å². The van der Waals surface area contributed by atoms with Gasteiger partial charge in [0, 0.05) is 26.0 Å². The number of nitrogens with zero attached hydrogens (tertiary/aromatic N) is 4. The molecule has 0 aliphatic rings. The molecule has 0 N–H and O–H groups in total. The standard InChI is InChI=1S/C10H11ClN4S2/c1-15(2)9-13-14-10(17-9)16-6-7-4-3-5-12-8(7)11/h3-5H,6H2,1-2H3. The molecule has 0 fully saturated rings. The summed E-state index contributed by atoms with van der Waals surface area (Å²) in [5, 5.41) is 9.64. The number of anilines is 1. The van der Waals surface area contributed by atoms with Crippen molar-refractivity contribution >= 4 is 39.8 Å². The molecule has 0 saturated heterocycles. The summed E-state index contributed by atoms with van der Waals surface area (Å²) in [5.41, 5.74) is 1.01. The third kappa shape index (κ3) is 3.31. The van der Waals surface area contributed by atoms with Crippen molar-refractivity contribution in [2.24, 2.45) is 0 Å². The van der Waals surface area contributed by atoms with Gasteiger partial charge in [0.2, 0.25) is 5.13 Å². The average Bonchev–Trinajstić information content (AvgIpc) is 2.77. The maximum Gasteiger partial charge on any atom is 0.208 e. The molecule has 0 aliphatic carbocycles. The van der Waals surface area contributed by atoms with Crippen molar-refractivity contribution in [3.63, 3.8) is 0 Å². The Labute approximate surface area is 113 Å². The Kier molecular flexibility index (Phi) is 4.20. The van der Waals surface area contributed by atoms with Gasteiger partial charge in [-0.1, -0.05) is 40.8 Å². The molecule has 0 saturated carbocycles. The van der Waals surface area contributed by atoms with E-state index in [1.54, 1.807) is 29.3 Å². The summed E-state index contributed by atoms with van der Waals surface area (Å²) in [5.74, 6) is 0.759. The summed E-state index contributed by atoms with van der Waals surface area (Å²) in [6.45, 7) is 0. The molecule has 0 bridgehead atoms. The Morgan fingerprint density at radius 2 is 2.24 bits per heavy atom. The van der Waals surface area contributed by atoms with E-state index in [1.165, 1.54) is 0 Å². The molecule has 2 aromatic heterocycles. The highest BCUT2D eigenvalue weighted by Gasteiger charge is 2.07. The van der Waals surface area contributed by atoms with E-state index in [9.17, 15) is 0 Å². The summed E-state index contributed by atoms with van der Waals surface area (Å²) in [7, 11) is 3.90. The lowest BCUT2D eigenvalue weighted by atomic mass is 10.3. The molecule has 0 aromatic carbocycles. The molecule has 0 aliphatic heterocycles. The Bertz CT molecular complexity index is 501. The van der Waals surface area contributed by atoms with Crippen LogP contribution in [0.4, 0.5) is 5.13 Å². The Balaban J connectivity index is 2.00. The van der Waals surface area contributed by atoms with Crippen molar-refractivity contribution in [3.05, 3.63) is 29.0 Å². The first-order valence-electron chi connectivity index (χ1n) is 4.90. The average molecular weight is 287 g/mol. The van der Waals surface area contributed by atoms with Crippen LogP contribution in [0.3, 0.4) is 0 Å². The quantitative estimate of drug-likeness (QED) is 0.638. The number of rotatable bonds is 4. The molecule has 0 spiro atoms. The highest BCUT2D eigenvalue weighted by Crippen LogP contribution is 2.30. The molecule has 17 heavy (non-hydrogen) atoms. The number of aromatic nitrogens is 3. The van der Waals surface area contributed by atoms with Gasteiger partial charge in [-0.05, 0) is 11.6 Å². The van der Waals surface area contributed by atoms with Crippen LogP contribution in [0, 0.1) is 0 Å². The Morgan fingerprint density at radius 1 is 1.41 bits per heavy atom. The maximum atomic E-state index is 5.98. The first-order chi connectivity index (χ1) is 8.16. The first kappa shape index (κ1) is 12.6. The Morgan fingerprint density at radius 3 is 2.88 bits per heavy atom. The molecule has 2 heterocycles. The van der Waals surface area contributed by atoms with E-state index in [-0.39, 0.29) is 0 Å². The van der Waals surface area contributed by atoms with Gasteiger partial charge in [-0.15, -0.1) is 10.2 Å². The molecule has 0 amide bonds. The molecule has 2 aromatic rings. The van der Waals surface area contributed by atoms with Crippen LogP contribution in [-0.4, -0.2) is 29.3 Å². The van der Waals surface area contributed by atoms with E-state index in [0.717, 1.165) is 20.8 Å². The lowest BCUT2D eigenvalue weighted by Crippen LogP contribution is -2.07. The molecule has 4 nitrogen and oxygen atoms in total. The largest absolute Gasteiger partial charge is 0.353 e. The van der Waals surface area contributed by atoms with E-state index in [0.29, 0.717) is 5.15 Å². The van der Waals surface area contributed by atoms with Crippen molar-refractivity contribution in [1.82, 2.24) is 15.2 Å². The number of thioether (sulfide) groups is 1. The second-order valence-corrected chi connectivity index (χ2v) is 6.02. The van der Waals surface area contributed by atoms with Gasteiger partial charge in [0.25, 0.3) is 0 Å². The minimum Gasteiger partial charge on any atom is -0.353 e. The second kappa shape index (κ2) is 5.66. The fourth-order valence-corrected chi connectivity index (χ4v) is 3.12. The first-order valence-corrected chi connectivity index (χ1v) is 7.08. The van der Waals surface area contributed by atoms with Gasteiger partial charge < -0.3 is 4.90 Å². The van der Waals surface area contributed by atoms with Crippen LogP contribution in [0.1, 0.15) is 5.56 Å². The van der Waals surface area contributed by atoms with Gasteiger partial charge in [0.1, 0.15) is 5.15 Å². The monoisotopic (exact) mass is 286 g/mol. The lowest BCUT2D eigenvalue weighted by molar-refractivity contribution is 0.972. The number of pyridine rings is 1. The van der Waals surface area contributed by atoms with Crippen LogP contribution in [0.25, 0.3) is 0 Å². The Hall–Kier alpha value is -0.850. The van der Waals surface area contributed by atoms with Crippen LogP contribution in [0.5, 0.6) is 0 Å². The zero-order valence-corrected chi connectivity index (χ0v) is 11.8. The van der Waals surface area contributed by atoms with E-state index in [2.05, 4.69) is 15.2 Å². The van der Waals surface area contributed by atoms with Crippen LogP contribution in [0.15, 0.2) is 22.7 Å². The van der Waals surface area contributed by atoms with Crippen LogP contribution >= 0.6 is 34.7 Å². The van der Waals surface area contributed by atoms with Crippen molar-refractivity contribution in [2.75, 3.05) is 19.0 Å². The van der Waals surface area contributed by atoms with Crippen molar-refractivity contribution < 1.29 is 0 Å². The number of hydrogen-bond acceptors (Lipinski definition) is 6. The van der Waals surface area contributed by atoms with Crippen molar-refractivity contribution in [3.8, 4) is 0 Å². The van der Waals surface area contributed by atoms with Crippen molar-refractivity contribution in [1.29, 1.82) is 0 Å². The van der Waals surface area contributed by atoms with Gasteiger partial charge in [-0.25, -0.2) is 4.98 Å². The normalized spacial score (nSPS) is 10.5. The fraction of sp³-hybridized carbons (Fsp3) is 0.300. The second-order valence-electron chi connectivity index (χ2n) is 3.49. The number of hydrogen-bond donors (Lipinski definition) is 0. The third-order valence-electron chi connectivity index (χ3n) is 1.97. The van der Waals surface area contributed by atoms with Gasteiger partial charge in [0.15, 0.2) is 4.34 Å². The summed E-state index contributed by atoms with van der Waals surface area (Å²) in [4.78, 5) is 5.98. The smallest absolute Gasteiger partial charge is 0.208 e. The lowest BCUT2D eigenvalue weighted by Gasteiger charge is -2.03. The van der Waals surface area contributed by atoms with E-state index in [4.69, 9.17) is 11.6 Å². The predicted molar refractivity (Wildman–Crippen MR) is 73.0 cm³/mol. The van der Waals surface area contributed by atoms with Gasteiger partial charge in [-0.3, -0.25) is 0 Å². The highest BCUT2D eigenvalue weighted by atomic mass is 35.5. The maximum absolute atomic E-state index is 5.98. The molecular weight excluding hydrogens is 276 g/mol. The molecule has 90 valence electrons. The zero-order valence-electron chi connectivity index (χ0n) is 9.42. The summed E-state index contributed by atoms with van der Waals surface area (Å²) >= 11 is 9.17. The van der Waals surface area contributed by atoms with E-state index in [1.807, 2.05) is 31.1 Å². The summed E-state index contributed by atoms with van der Waals surface area (Å²) < 4.78 is 0.939. The third-order valence-corrected chi connectivity index (χ3v) is 4.58.